The van der Waals surface area contributed by atoms with Gasteiger partial charge in [-0.05, 0) is 44.5 Å². The molecule has 1 amide bonds. The number of rotatable bonds is 6. The Balaban J connectivity index is 1.67. The maximum Gasteiger partial charge on any atom is 0.280 e. The van der Waals surface area contributed by atoms with E-state index >= 15 is 0 Å². The molecule has 9 heteroatoms. The first-order valence-electron chi connectivity index (χ1n) is 10.2. The summed E-state index contributed by atoms with van der Waals surface area (Å²) in [6.07, 6.45) is 0. The van der Waals surface area contributed by atoms with Crippen molar-refractivity contribution in [2.75, 3.05) is 44.3 Å². The largest absolute Gasteiger partial charge is 0.379 e. The Morgan fingerprint density at radius 2 is 2.07 bits per heavy atom. The van der Waals surface area contributed by atoms with E-state index in [4.69, 9.17) is 21.3 Å². The molecule has 4 rings (SSSR count). The summed E-state index contributed by atoms with van der Waals surface area (Å²) in [6.45, 7) is 11.2. The molecule has 0 bridgehead atoms. The van der Waals surface area contributed by atoms with Crippen LogP contribution in [0.5, 0.6) is 0 Å². The highest BCUT2D eigenvalue weighted by atomic mass is 35.5. The molecule has 1 fully saturated rings. The van der Waals surface area contributed by atoms with Gasteiger partial charge in [-0.2, -0.15) is 5.10 Å². The van der Waals surface area contributed by atoms with E-state index in [2.05, 4.69) is 10.00 Å². The third kappa shape index (κ3) is 4.23. The van der Waals surface area contributed by atoms with E-state index < -0.39 is 0 Å². The molecule has 0 saturated carbocycles. The van der Waals surface area contributed by atoms with Gasteiger partial charge in [0, 0.05) is 43.4 Å². The van der Waals surface area contributed by atoms with Gasteiger partial charge in [0.25, 0.3) is 5.91 Å². The number of nitrogens with zero attached hydrogens (tertiary/aromatic N) is 5. The molecular weight excluding hydrogens is 422 g/mol. The maximum atomic E-state index is 13.5. The van der Waals surface area contributed by atoms with Gasteiger partial charge in [-0.25, -0.2) is 4.98 Å². The maximum absolute atomic E-state index is 13.5. The Kier molecular flexibility index (Phi) is 6.38. The molecule has 0 unspecified atom stereocenters. The van der Waals surface area contributed by atoms with Gasteiger partial charge in [0.05, 0.1) is 23.4 Å². The quantitative estimate of drug-likeness (QED) is 0.575. The lowest BCUT2D eigenvalue weighted by Crippen LogP contribution is -2.43. The summed E-state index contributed by atoms with van der Waals surface area (Å²) in [5, 5.41) is 5.86. The summed E-state index contributed by atoms with van der Waals surface area (Å²) in [6, 6.07) is 5.70. The molecular formula is C21H26ClN5O2S. The number of amides is 1. The van der Waals surface area contributed by atoms with Gasteiger partial charge in [0.15, 0.2) is 10.8 Å². The number of hydrogen-bond acceptors (Lipinski definition) is 6. The summed E-state index contributed by atoms with van der Waals surface area (Å²) < 4.78 is 8.31. The number of halogens is 1. The molecule has 3 aromatic rings. The van der Waals surface area contributed by atoms with Gasteiger partial charge >= 0.3 is 0 Å². The van der Waals surface area contributed by atoms with Crippen molar-refractivity contribution < 1.29 is 9.53 Å². The monoisotopic (exact) mass is 447 g/mol. The van der Waals surface area contributed by atoms with E-state index in [9.17, 15) is 4.79 Å². The van der Waals surface area contributed by atoms with Crippen molar-refractivity contribution in [3.05, 3.63) is 40.2 Å². The number of hydrogen-bond donors (Lipinski definition) is 0. The van der Waals surface area contributed by atoms with Crippen molar-refractivity contribution >= 4 is 44.2 Å². The summed E-state index contributed by atoms with van der Waals surface area (Å²) in [5.74, 6) is -0.124. The summed E-state index contributed by atoms with van der Waals surface area (Å²) >= 11 is 7.80. The molecule has 30 heavy (non-hydrogen) atoms. The van der Waals surface area contributed by atoms with Crippen molar-refractivity contribution in [3.63, 3.8) is 0 Å². The van der Waals surface area contributed by atoms with Crippen LogP contribution in [0.2, 0.25) is 5.02 Å². The second kappa shape index (κ2) is 9.01. The van der Waals surface area contributed by atoms with E-state index in [-0.39, 0.29) is 5.91 Å². The number of morpholine rings is 1. The Labute approximate surface area is 185 Å². The van der Waals surface area contributed by atoms with Gasteiger partial charge in [0.2, 0.25) is 0 Å². The van der Waals surface area contributed by atoms with Crippen LogP contribution >= 0.6 is 22.9 Å². The van der Waals surface area contributed by atoms with E-state index in [0.717, 1.165) is 60.9 Å². The van der Waals surface area contributed by atoms with Crippen LogP contribution in [-0.2, 0) is 11.3 Å². The molecule has 1 aliphatic rings. The standard InChI is InChI=1S/C21H26ClN5O2S/c1-4-27-14(2)13-17(24-27)20(28)26(8-7-25-9-11-29-12-10-25)21-23-19-15(3)16(22)5-6-18(19)30-21/h5-6,13H,4,7-12H2,1-3H3. The van der Waals surface area contributed by atoms with Crippen molar-refractivity contribution in [2.45, 2.75) is 27.3 Å². The SMILES string of the molecule is CCn1nc(C(=O)N(CCN2CCOCC2)c2nc3c(C)c(Cl)ccc3s2)cc1C. The van der Waals surface area contributed by atoms with E-state index in [1.807, 2.05) is 43.7 Å². The van der Waals surface area contributed by atoms with Gasteiger partial charge in [-0.15, -0.1) is 0 Å². The average Bonchev–Trinajstić information content (AvgIpc) is 3.35. The molecule has 0 radical (unpaired) electrons. The lowest BCUT2D eigenvalue weighted by Gasteiger charge is -2.29. The molecule has 0 N–H and O–H groups in total. The van der Waals surface area contributed by atoms with Gasteiger partial charge in [-0.3, -0.25) is 19.3 Å². The highest BCUT2D eigenvalue weighted by Crippen LogP contribution is 2.34. The fraction of sp³-hybridized carbons (Fsp3) is 0.476. The second-order valence-corrected chi connectivity index (χ2v) is 8.83. The third-order valence-corrected chi connectivity index (χ3v) is 6.91. The molecule has 160 valence electrons. The van der Waals surface area contributed by atoms with Crippen molar-refractivity contribution in [1.29, 1.82) is 0 Å². The van der Waals surface area contributed by atoms with Gasteiger partial charge < -0.3 is 4.74 Å². The van der Waals surface area contributed by atoms with E-state index in [1.165, 1.54) is 11.3 Å². The lowest BCUT2D eigenvalue weighted by atomic mass is 10.2. The van der Waals surface area contributed by atoms with E-state index in [0.29, 0.717) is 22.4 Å². The average molecular weight is 448 g/mol. The highest BCUT2D eigenvalue weighted by Gasteiger charge is 2.25. The topological polar surface area (TPSA) is 63.5 Å². The van der Waals surface area contributed by atoms with Crippen LogP contribution < -0.4 is 4.90 Å². The summed E-state index contributed by atoms with van der Waals surface area (Å²) in [4.78, 5) is 22.3. The molecule has 0 aliphatic carbocycles. The number of carbonyl (C=O) groups is 1. The van der Waals surface area contributed by atoms with Crippen LogP contribution in [-0.4, -0.2) is 65.0 Å². The van der Waals surface area contributed by atoms with Crippen molar-refractivity contribution in [3.8, 4) is 0 Å². The highest BCUT2D eigenvalue weighted by molar-refractivity contribution is 7.22. The van der Waals surface area contributed by atoms with Gasteiger partial charge in [-0.1, -0.05) is 22.9 Å². The van der Waals surface area contributed by atoms with Crippen LogP contribution in [0.25, 0.3) is 10.2 Å². The van der Waals surface area contributed by atoms with Crippen LogP contribution in [0.3, 0.4) is 0 Å². The Morgan fingerprint density at radius 1 is 1.30 bits per heavy atom. The lowest BCUT2D eigenvalue weighted by molar-refractivity contribution is 0.0391. The van der Waals surface area contributed by atoms with Crippen LogP contribution in [0.1, 0.15) is 28.7 Å². The number of aromatic nitrogens is 3. The van der Waals surface area contributed by atoms with E-state index in [1.54, 1.807) is 4.90 Å². The van der Waals surface area contributed by atoms with Crippen molar-refractivity contribution in [2.24, 2.45) is 0 Å². The zero-order valence-electron chi connectivity index (χ0n) is 17.5. The number of thiazole rings is 1. The Hall–Kier alpha value is -2.00. The first kappa shape index (κ1) is 21.2. The number of ether oxygens (including phenoxy) is 1. The predicted molar refractivity (Wildman–Crippen MR) is 121 cm³/mol. The predicted octanol–water partition coefficient (Wildman–Crippen LogP) is 3.76. The number of aryl methyl sites for hydroxylation is 3. The number of benzene rings is 1. The molecule has 1 aliphatic heterocycles. The van der Waals surface area contributed by atoms with Gasteiger partial charge in [0.1, 0.15) is 0 Å². The number of fused-ring (bicyclic) bond motifs is 1. The summed E-state index contributed by atoms with van der Waals surface area (Å²) in [5.41, 5.74) is 3.21. The first-order chi connectivity index (χ1) is 14.5. The Bertz CT molecular complexity index is 1060. The molecule has 2 aromatic heterocycles. The Morgan fingerprint density at radius 3 is 2.77 bits per heavy atom. The fourth-order valence-electron chi connectivity index (χ4n) is 3.63. The van der Waals surface area contributed by atoms with Crippen LogP contribution in [0.15, 0.2) is 18.2 Å². The molecule has 0 atom stereocenters. The molecule has 7 nitrogen and oxygen atoms in total. The summed E-state index contributed by atoms with van der Waals surface area (Å²) in [7, 11) is 0. The van der Waals surface area contributed by atoms with Crippen molar-refractivity contribution in [1.82, 2.24) is 19.7 Å². The molecule has 1 saturated heterocycles. The molecule has 3 heterocycles. The van der Waals surface area contributed by atoms with Crippen LogP contribution in [0, 0.1) is 13.8 Å². The minimum Gasteiger partial charge on any atom is -0.379 e. The first-order valence-corrected chi connectivity index (χ1v) is 11.4. The zero-order valence-corrected chi connectivity index (χ0v) is 19.1. The third-order valence-electron chi connectivity index (χ3n) is 5.46. The van der Waals surface area contributed by atoms with Crippen LogP contribution in [0.4, 0.5) is 5.13 Å². The number of anilines is 1. The molecule has 1 aromatic carbocycles. The number of carbonyl (C=O) groups excluding carboxylic acids is 1. The minimum atomic E-state index is -0.124. The fourth-order valence-corrected chi connectivity index (χ4v) is 4.83. The normalized spacial score (nSPS) is 15.1. The zero-order chi connectivity index (χ0) is 21.3. The smallest absolute Gasteiger partial charge is 0.280 e. The molecule has 0 spiro atoms. The minimum absolute atomic E-state index is 0.124. The second-order valence-electron chi connectivity index (χ2n) is 7.41.